The second-order valence-electron chi connectivity index (χ2n) is 3.29. The molecule has 0 aromatic carbocycles. The Kier molecular flexibility index (Phi) is 2.95. The van der Waals surface area contributed by atoms with Gasteiger partial charge in [-0.2, -0.15) is 5.26 Å². The summed E-state index contributed by atoms with van der Waals surface area (Å²) in [7, 11) is -3.41. The van der Waals surface area contributed by atoms with Crippen molar-refractivity contribution in [3.63, 3.8) is 0 Å². The van der Waals surface area contributed by atoms with Crippen LogP contribution < -0.4 is 4.72 Å². The molecule has 1 aromatic heterocycles. The topological polar surface area (TPSA) is 82.9 Å². The van der Waals surface area contributed by atoms with Gasteiger partial charge in [0.1, 0.15) is 6.07 Å². The summed E-state index contributed by atoms with van der Waals surface area (Å²) in [5.41, 5.74) is 1.62. The highest BCUT2D eigenvalue weighted by Gasteiger charge is 2.11. The van der Waals surface area contributed by atoms with Crippen LogP contribution in [0.25, 0.3) is 0 Å². The summed E-state index contributed by atoms with van der Waals surface area (Å²) in [6.45, 7) is 3.47. The monoisotopic (exact) mass is 225 g/mol. The average Bonchev–Trinajstić information content (AvgIpc) is 1.99. The number of sulfonamides is 1. The number of aryl methyl sites for hydroxylation is 2. The summed E-state index contributed by atoms with van der Waals surface area (Å²) in [6, 6.07) is 3.65. The van der Waals surface area contributed by atoms with Crippen molar-refractivity contribution in [3.8, 4) is 6.07 Å². The number of rotatable bonds is 2. The maximum Gasteiger partial charge on any atom is 0.231 e. The number of anilines is 1. The number of hydrogen-bond donors (Lipinski definition) is 1. The van der Waals surface area contributed by atoms with Gasteiger partial charge in [0.15, 0.2) is 5.82 Å². The van der Waals surface area contributed by atoms with Crippen molar-refractivity contribution in [1.82, 2.24) is 4.98 Å². The molecule has 0 radical (unpaired) electrons. The molecule has 0 unspecified atom stereocenters. The van der Waals surface area contributed by atoms with Crippen molar-refractivity contribution in [2.75, 3.05) is 11.0 Å². The molecular formula is C9H11N3O2S. The average molecular weight is 225 g/mol. The second-order valence-corrected chi connectivity index (χ2v) is 5.04. The van der Waals surface area contributed by atoms with E-state index in [4.69, 9.17) is 5.26 Å². The molecule has 5 nitrogen and oxygen atoms in total. The number of nitrogens with zero attached hydrogens (tertiary/aromatic N) is 2. The van der Waals surface area contributed by atoms with E-state index in [1.807, 2.05) is 6.07 Å². The summed E-state index contributed by atoms with van der Waals surface area (Å²) in [5.74, 6) is 0.0949. The van der Waals surface area contributed by atoms with Gasteiger partial charge < -0.3 is 0 Å². The Morgan fingerprint density at radius 3 is 2.53 bits per heavy atom. The summed E-state index contributed by atoms with van der Waals surface area (Å²) in [5, 5.41) is 8.86. The van der Waals surface area contributed by atoms with E-state index in [-0.39, 0.29) is 11.4 Å². The number of aromatic nitrogens is 1. The molecule has 0 aliphatic heterocycles. The molecule has 1 heterocycles. The summed E-state index contributed by atoms with van der Waals surface area (Å²) in [4.78, 5) is 3.98. The van der Waals surface area contributed by atoms with Crippen LogP contribution >= 0.6 is 0 Å². The fourth-order valence-corrected chi connectivity index (χ4v) is 1.73. The van der Waals surface area contributed by atoms with Crippen LogP contribution in [0.4, 0.5) is 5.82 Å². The van der Waals surface area contributed by atoms with Crippen LogP contribution in [0.2, 0.25) is 0 Å². The van der Waals surface area contributed by atoms with Gasteiger partial charge in [-0.25, -0.2) is 13.4 Å². The Bertz CT molecular complexity index is 529. The molecule has 1 N–H and O–H groups in total. The molecule has 1 aromatic rings. The van der Waals surface area contributed by atoms with Gasteiger partial charge in [-0.15, -0.1) is 0 Å². The van der Waals surface area contributed by atoms with Crippen LogP contribution in [0.5, 0.6) is 0 Å². The highest BCUT2D eigenvalue weighted by molar-refractivity contribution is 7.92. The smallest absolute Gasteiger partial charge is 0.231 e. The minimum atomic E-state index is -3.41. The molecule has 1 rings (SSSR count). The van der Waals surface area contributed by atoms with Gasteiger partial charge in [0.25, 0.3) is 0 Å². The van der Waals surface area contributed by atoms with Crippen LogP contribution in [-0.2, 0) is 10.0 Å². The third-order valence-corrected chi connectivity index (χ3v) is 2.30. The summed E-state index contributed by atoms with van der Waals surface area (Å²) < 4.78 is 24.3. The predicted octanol–water partition coefficient (Wildman–Crippen LogP) is 0.942. The second kappa shape index (κ2) is 3.87. The Labute approximate surface area is 88.8 Å². The third-order valence-electron chi connectivity index (χ3n) is 1.74. The van der Waals surface area contributed by atoms with Crippen molar-refractivity contribution in [3.05, 3.63) is 22.9 Å². The van der Waals surface area contributed by atoms with E-state index in [2.05, 4.69) is 9.71 Å². The Morgan fingerprint density at radius 2 is 2.07 bits per heavy atom. The molecule has 0 saturated heterocycles. The van der Waals surface area contributed by atoms with Crippen LogP contribution in [-0.4, -0.2) is 19.7 Å². The molecule has 80 valence electrons. The molecule has 15 heavy (non-hydrogen) atoms. The first-order valence-electron chi connectivity index (χ1n) is 4.19. The highest BCUT2D eigenvalue weighted by atomic mass is 32.2. The van der Waals surface area contributed by atoms with E-state index in [1.54, 1.807) is 19.9 Å². The zero-order chi connectivity index (χ0) is 11.6. The van der Waals surface area contributed by atoms with E-state index in [1.165, 1.54) is 0 Å². The minimum absolute atomic E-state index is 0.0949. The zero-order valence-corrected chi connectivity index (χ0v) is 9.51. The van der Waals surface area contributed by atoms with E-state index in [0.717, 1.165) is 6.26 Å². The number of nitrogens with one attached hydrogen (secondary N) is 1. The van der Waals surface area contributed by atoms with Gasteiger partial charge in [-0.1, -0.05) is 0 Å². The van der Waals surface area contributed by atoms with E-state index < -0.39 is 10.0 Å². The van der Waals surface area contributed by atoms with Crippen molar-refractivity contribution < 1.29 is 8.42 Å². The largest absolute Gasteiger partial charge is 0.266 e. The molecule has 0 saturated carbocycles. The quantitative estimate of drug-likeness (QED) is 0.812. The maximum atomic E-state index is 11.0. The molecule has 0 amide bonds. The van der Waals surface area contributed by atoms with Crippen LogP contribution in [0, 0.1) is 25.2 Å². The van der Waals surface area contributed by atoms with Gasteiger partial charge in [0, 0.05) is 5.69 Å². The first-order chi connectivity index (χ1) is 6.83. The van der Waals surface area contributed by atoms with Crippen molar-refractivity contribution >= 4 is 15.8 Å². The van der Waals surface area contributed by atoms with Gasteiger partial charge >= 0.3 is 0 Å². The van der Waals surface area contributed by atoms with E-state index in [9.17, 15) is 8.42 Å². The first-order valence-corrected chi connectivity index (χ1v) is 6.09. The zero-order valence-electron chi connectivity index (χ0n) is 8.70. The first kappa shape index (κ1) is 11.5. The van der Waals surface area contributed by atoms with Crippen LogP contribution in [0.3, 0.4) is 0 Å². The normalized spacial score (nSPS) is 10.8. The van der Waals surface area contributed by atoms with Crippen LogP contribution in [0.1, 0.15) is 16.8 Å². The molecule has 0 spiro atoms. The molecule has 0 atom stereocenters. The van der Waals surface area contributed by atoms with Gasteiger partial charge in [0.2, 0.25) is 10.0 Å². The minimum Gasteiger partial charge on any atom is -0.266 e. The number of pyridine rings is 1. The highest BCUT2D eigenvalue weighted by Crippen LogP contribution is 2.18. The lowest BCUT2D eigenvalue weighted by Crippen LogP contribution is -2.13. The molecule has 0 fully saturated rings. The number of hydrogen-bond acceptors (Lipinski definition) is 4. The fourth-order valence-electron chi connectivity index (χ4n) is 1.23. The standard InChI is InChI=1S/C9H11N3O2S/c1-6-4-7(2)11-9(8(6)5-10)12-15(3,13)14/h4H,1-3H3,(H,11,12). The molecule has 0 aliphatic carbocycles. The lowest BCUT2D eigenvalue weighted by Gasteiger charge is -2.08. The SMILES string of the molecule is Cc1cc(C)c(C#N)c(NS(C)(=O)=O)n1. The fraction of sp³-hybridized carbons (Fsp3) is 0.333. The van der Waals surface area contributed by atoms with E-state index in [0.29, 0.717) is 11.3 Å². The molecule has 0 aliphatic rings. The van der Waals surface area contributed by atoms with E-state index >= 15 is 0 Å². The third kappa shape index (κ3) is 2.92. The Morgan fingerprint density at radius 1 is 1.47 bits per heavy atom. The summed E-state index contributed by atoms with van der Waals surface area (Å²) in [6.07, 6.45) is 1.02. The summed E-state index contributed by atoms with van der Waals surface area (Å²) >= 11 is 0. The van der Waals surface area contributed by atoms with Gasteiger partial charge in [0.05, 0.1) is 11.8 Å². The van der Waals surface area contributed by atoms with Crippen LogP contribution in [0.15, 0.2) is 6.07 Å². The molecule has 0 bridgehead atoms. The van der Waals surface area contributed by atoms with Gasteiger partial charge in [-0.05, 0) is 25.5 Å². The lowest BCUT2D eigenvalue weighted by atomic mass is 10.1. The van der Waals surface area contributed by atoms with Crippen molar-refractivity contribution in [2.45, 2.75) is 13.8 Å². The Balaban J connectivity index is 3.35. The lowest BCUT2D eigenvalue weighted by molar-refractivity contribution is 0.606. The molecular weight excluding hydrogens is 214 g/mol. The van der Waals surface area contributed by atoms with Gasteiger partial charge in [-0.3, -0.25) is 4.72 Å². The molecule has 6 heteroatoms. The van der Waals surface area contributed by atoms with Crippen molar-refractivity contribution in [2.24, 2.45) is 0 Å². The maximum absolute atomic E-state index is 11.0. The van der Waals surface area contributed by atoms with Crippen molar-refractivity contribution in [1.29, 1.82) is 5.26 Å². The predicted molar refractivity (Wildman–Crippen MR) is 56.9 cm³/mol. The number of nitriles is 1. The Hall–Kier alpha value is -1.61.